The van der Waals surface area contributed by atoms with E-state index in [0.29, 0.717) is 12.0 Å². The lowest BCUT2D eigenvalue weighted by Gasteiger charge is -2.20. The van der Waals surface area contributed by atoms with Gasteiger partial charge in [-0.05, 0) is 46.2 Å². The first-order valence-electron chi connectivity index (χ1n) is 7.81. The van der Waals surface area contributed by atoms with E-state index in [0.717, 1.165) is 43.1 Å². The fourth-order valence-electron chi connectivity index (χ4n) is 2.95. The number of aryl methyl sites for hydroxylation is 2. The van der Waals surface area contributed by atoms with Crippen LogP contribution in [0.1, 0.15) is 36.8 Å². The molecule has 0 radical (unpaired) electrons. The van der Waals surface area contributed by atoms with Gasteiger partial charge in [0.25, 0.3) is 0 Å². The smallest absolute Gasteiger partial charge is 0.188 e. The Bertz CT molecular complexity index is 463. The first-order chi connectivity index (χ1) is 10.1. The van der Waals surface area contributed by atoms with Crippen LogP contribution in [0.4, 0.5) is 0 Å². The molecule has 2 rings (SSSR count). The zero-order valence-corrected chi connectivity index (χ0v) is 13.4. The average Bonchev–Trinajstić information content (AvgIpc) is 3.05. The summed E-state index contributed by atoms with van der Waals surface area (Å²) in [6, 6.07) is 0.554. The van der Waals surface area contributed by atoms with E-state index in [9.17, 15) is 0 Å². The molecule has 1 saturated heterocycles. The van der Waals surface area contributed by atoms with Crippen molar-refractivity contribution >= 4 is 5.96 Å². The van der Waals surface area contributed by atoms with Crippen LogP contribution in [0, 0.1) is 13.8 Å². The third kappa shape index (κ3) is 4.20. The van der Waals surface area contributed by atoms with Gasteiger partial charge in [0.05, 0.1) is 12.2 Å². The Morgan fingerprint density at radius 2 is 2.33 bits per heavy atom. The number of hydrogen-bond donors (Lipinski definition) is 2. The molecule has 0 aromatic carbocycles. The molecular weight excluding hydrogens is 266 g/mol. The van der Waals surface area contributed by atoms with Crippen molar-refractivity contribution in [2.75, 3.05) is 26.2 Å². The Morgan fingerprint density at radius 3 is 3.00 bits per heavy atom. The van der Waals surface area contributed by atoms with Crippen LogP contribution in [-0.4, -0.2) is 48.2 Å². The van der Waals surface area contributed by atoms with Gasteiger partial charge in [0, 0.05) is 18.2 Å². The minimum Gasteiger partial charge on any atom is -0.370 e. The predicted molar refractivity (Wildman–Crippen MR) is 84.4 cm³/mol. The highest BCUT2D eigenvalue weighted by molar-refractivity contribution is 5.77. The Morgan fingerprint density at radius 1 is 1.52 bits per heavy atom. The summed E-state index contributed by atoms with van der Waals surface area (Å²) in [5.74, 6) is 1.42. The Labute approximate surface area is 126 Å². The quantitative estimate of drug-likeness (QED) is 0.609. The Kier molecular flexibility index (Phi) is 5.61. The van der Waals surface area contributed by atoms with Gasteiger partial charge in [-0.1, -0.05) is 12.1 Å². The fraction of sp³-hybridized carbons (Fsp3) is 0.733. The summed E-state index contributed by atoms with van der Waals surface area (Å²) in [6.07, 6.45) is 3.35. The van der Waals surface area contributed by atoms with Crippen LogP contribution in [0.5, 0.6) is 0 Å². The van der Waals surface area contributed by atoms with Gasteiger partial charge in [0.15, 0.2) is 5.96 Å². The van der Waals surface area contributed by atoms with Gasteiger partial charge in [-0.15, -0.1) is 0 Å². The van der Waals surface area contributed by atoms with E-state index in [-0.39, 0.29) is 0 Å². The molecule has 1 aliphatic rings. The van der Waals surface area contributed by atoms with Crippen LogP contribution in [0.25, 0.3) is 0 Å². The van der Waals surface area contributed by atoms with Gasteiger partial charge >= 0.3 is 0 Å². The molecule has 118 valence electrons. The molecule has 0 saturated carbocycles. The monoisotopic (exact) mass is 293 g/mol. The molecule has 0 aliphatic carbocycles. The molecule has 1 aliphatic heterocycles. The van der Waals surface area contributed by atoms with Crippen molar-refractivity contribution in [2.45, 2.75) is 46.1 Å². The number of guanidine groups is 1. The molecule has 1 atom stereocenters. The lowest BCUT2D eigenvalue weighted by molar-refractivity contribution is 0.273. The van der Waals surface area contributed by atoms with E-state index in [1.807, 2.05) is 13.8 Å². The third-order valence-electron chi connectivity index (χ3n) is 4.24. The molecule has 0 spiro atoms. The van der Waals surface area contributed by atoms with Gasteiger partial charge in [-0.25, -0.2) is 0 Å². The number of rotatable bonds is 6. The van der Waals surface area contributed by atoms with Gasteiger partial charge < -0.3 is 15.6 Å². The van der Waals surface area contributed by atoms with Crippen molar-refractivity contribution in [1.82, 2.24) is 15.4 Å². The van der Waals surface area contributed by atoms with E-state index in [1.54, 1.807) is 0 Å². The highest BCUT2D eigenvalue weighted by Crippen LogP contribution is 2.16. The average molecular weight is 293 g/mol. The van der Waals surface area contributed by atoms with Crippen molar-refractivity contribution in [1.29, 1.82) is 0 Å². The van der Waals surface area contributed by atoms with Crippen LogP contribution < -0.4 is 11.1 Å². The SMILES string of the molecule is CCN1CCCC1CN=C(N)NCCc1c(C)noc1C. The van der Waals surface area contributed by atoms with Crippen molar-refractivity contribution in [3.8, 4) is 0 Å². The van der Waals surface area contributed by atoms with Gasteiger partial charge in [-0.2, -0.15) is 0 Å². The number of nitrogens with zero attached hydrogens (tertiary/aromatic N) is 3. The van der Waals surface area contributed by atoms with E-state index in [1.165, 1.54) is 19.4 Å². The number of likely N-dealkylation sites (tertiary alicyclic amines) is 1. The minimum absolute atomic E-state index is 0.532. The molecule has 1 fully saturated rings. The van der Waals surface area contributed by atoms with Crippen LogP contribution >= 0.6 is 0 Å². The number of aliphatic imine (C=N–C) groups is 1. The number of nitrogens with two attached hydrogens (primary N) is 1. The second kappa shape index (κ2) is 7.45. The first kappa shape index (κ1) is 15.8. The molecular formula is C15H27N5O. The number of likely N-dealkylation sites (N-methyl/N-ethyl adjacent to an activating group) is 1. The minimum atomic E-state index is 0.532. The predicted octanol–water partition coefficient (Wildman–Crippen LogP) is 1.22. The van der Waals surface area contributed by atoms with Crippen LogP contribution in [0.15, 0.2) is 9.52 Å². The summed E-state index contributed by atoms with van der Waals surface area (Å²) < 4.78 is 5.15. The molecule has 0 amide bonds. The highest BCUT2D eigenvalue weighted by Gasteiger charge is 2.22. The van der Waals surface area contributed by atoms with Gasteiger partial charge in [0.1, 0.15) is 5.76 Å². The van der Waals surface area contributed by atoms with E-state index < -0.39 is 0 Å². The van der Waals surface area contributed by atoms with E-state index in [4.69, 9.17) is 10.3 Å². The summed E-state index contributed by atoms with van der Waals surface area (Å²) >= 11 is 0. The summed E-state index contributed by atoms with van der Waals surface area (Å²) in [5, 5.41) is 7.12. The molecule has 6 heteroatoms. The number of aromatic nitrogens is 1. The lowest BCUT2D eigenvalue weighted by atomic mass is 10.1. The maximum Gasteiger partial charge on any atom is 0.188 e. The van der Waals surface area contributed by atoms with Gasteiger partial charge in [-0.3, -0.25) is 9.89 Å². The number of hydrogen-bond acceptors (Lipinski definition) is 4. The van der Waals surface area contributed by atoms with E-state index in [2.05, 4.69) is 27.3 Å². The van der Waals surface area contributed by atoms with Crippen molar-refractivity contribution in [2.24, 2.45) is 10.7 Å². The summed E-state index contributed by atoms with van der Waals surface area (Å²) in [5.41, 5.74) is 8.04. The maximum atomic E-state index is 5.94. The largest absolute Gasteiger partial charge is 0.370 e. The molecule has 1 aromatic heterocycles. The molecule has 3 N–H and O–H groups in total. The second-order valence-corrected chi connectivity index (χ2v) is 5.63. The standard InChI is InChI=1S/C15H27N5O/c1-4-20-9-5-6-13(20)10-18-15(16)17-8-7-14-11(2)19-21-12(14)3/h13H,4-10H2,1-3H3,(H3,16,17,18). The lowest BCUT2D eigenvalue weighted by Crippen LogP contribution is -2.36. The second-order valence-electron chi connectivity index (χ2n) is 5.63. The topological polar surface area (TPSA) is 79.7 Å². The molecule has 2 heterocycles. The normalized spacial score (nSPS) is 20.1. The van der Waals surface area contributed by atoms with Crippen LogP contribution in [0.2, 0.25) is 0 Å². The molecule has 1 aromatic rings. The van der Waals surface area contributed by atoms with Gasteiger partial charge in [0.2, 0.25) is 0 Å². The van der Waals surface area contributed by atoms with Crippen molar-refractivity contribution in [3.63, 3.8) is 0 Å². The molecule has 21 heavy (non-hydrogen) atoms. The zero-order chi connectivity index (χ0) is 15.2. The van der Waals surface area contributed by atoms with Crippen molar-refractivity contribution < 1.29 is 4.52 Å². The summed E-state index contributed by atoms with van der Waals surface area (Å²) in [7, 11) is 0. The van der Waals surface area contributed by atoms with Crippen LogP contribution in [0.3, 0.4) is 0 Å². The van der Waals surface area contributed by atoms with Crippen LogP contribution in [-0.2, 0) is 6.42 Å². The summed E-state index contributed by atoms with van der Waals surface area (Å²) in [6.45, 7) is 9.93. The fourth-order valence-corrected chi connectivity index (χ4v) is 2.95. The third-order valence-corrected chi connectivity index (χ3v) is 4.24. The van der Waals surface area contributed by atoms with Crippen molar-refractivity contribution in [3.05, 3.63) is 17.0 Å². The highest BCUT2D eigenvalue weighted by atomic mass is 16.5. The Hall–Kier alpha value is -1.56. The number of nitrogens with one attached hydrogen (secondary N) is 1. The maximum absolute atomic E-state index is 5.94. The summed E-state index contributed by atoms with van der Waals surface area (Å²) in [4.78, 5) is 6.94. The zero-order valence-electron chi connectivity index (χ0n) is 13.4. The first-order valence-corrected chi connectivity index (χ1v) is 7.81. The Balaban J connectivity index is 1.74. The molecule has 0 bridgehead atoms. The van der Waals surface area contributed by atoms with E-state index >= 15 is 0 Å². The molecule has 1 unspecified atom stereocenters. The molecule has 6 nitrogen and oxygen atoms in total.